The van der Waals surface area contributed by atoms with Gasteiger partial charge in [-0.1, -0.05) is 41.2 Å². The molecule has 0 aliphatic heterocycles. The Hall–Kier alpha value is -0.453. The molecule has 4 heteroatoms. The number of rotatable bonds is 7. The molecule has 0 rings (SSSR count). The molecule has 0 fully saturated rings. The molecule has 0 saturated heterocycles. The fourth-order valence-electron chi connectivity index (χ4n) is 1.23. The van der Waals surface area contributed by atoms with Gasteiger partial charge in [0.1, 0.15) is 0 Å². The summed E-state index contributed by atoms with van der Waals surface area (Å²) in [5.74, 6) is -0.132. The molecule has 0 aliphatic rings. The van der Waals surface area contributed by atoms with E-state index in [9.17, 15) is 9.90 Å². The minimum Gasteiger partial charge on any atom is -0.416 e. The number of allylic oxidation sites excluding steroid dienone is 1. The van der Waals surface area contributed by atoms with Crippen molar-refractivity contribution in [1.82, 2.24) is 0 Å². The zero-order valence-electron chi connectivity index (χ0n) is 13.5. The summed E-state index contributed by atoms with van der Waals surface area (Å²) in [5.41, 5.74) is -0.436. The summed E-state index contributed by atoms with van der Waals surface area (Å²) in [6.07, 6.45) is 0.661. The zero-order chi connectivity index (χ0) is 15.5. The summed E-state index contributed by atoms with van der Waals surface area (Å²) in [4.78, 5) is 11.3. The number of hydrogen-bond donors (Lipinski definition) is 1. The first-order valence-electron chi connectivity index (χ1n) is 6.81. The van der Waals surface area contributed by atoms with Gasteiger partial charge in [-0.15, -0.1) is 0 Å². The standard InChI is InChI=1S/C15H30O3Si/c1-9-12(16)10-13(17)15(5,6)11-18-19(7,8)14(2,3)4/h9,13,17H,1,10-11H2,2-8H3/t13-/m1/s1. The quantitative estimate of drug-likeness (QED) is 0.575. The first-order valence-corrected chi connectivity index (χ1v) is 9.71. The number of carbonyl (C=O) groups is 1. The molecule has 0 bridgehead atoms. The van der Waals surface area contributed by atoms with Gasteiger partial charge in [0.05, 0.1) is 6.10 Å². The Morgan fingerprint density at radius 2 is 1.79 bits per heavy atom. The molecule has 0 unspecified atom stereocenters. The molecular weight excluding hydrogens is 256 g/mol. The van der Waals surface area contributed by atoms with E-state index in [1.165, 1.54) is 6.08 Å². The van der Waals surface area contributed by atoms with Crippen LogP contribution in [0, 0.1) is 5.41 Å². The predicted octanol–water partition coefficient (Wildman–Crippen LogP) is 3.54. The number of aliphatic hydroxyl groups excluding tert-OH is 1. The van der Waals surface area contributed by atoms with E-state index >= 15 is 0 Å². The van der Waals surface area contributed by atoms with Crippen molar-refractivity contribution in [2.24, 2.45) is 5.41 Å². The highest BCUT2D eigenvalue weighted by Crippen LogP contribution is 2.38. The lowest BCUT2D eigenvalue weighted by molar-refractivity contribution is -0.118. The Morgan fingerprint density at radius 3 is 2.16 bits per heavy atom. The van der Waals surface area contributed by atoms with Crippen molar-refractivity contribution in [3.05, 3.63) is 12.7 Å². The molecule has 0 aromatic heterocycles. The van der Waals surface area contributed by atoms with Gasteiger partial charge in [-0.2, -0.15) is 0 Å². The Balaban J connectivity index is 4.61. The smallest absolute Gasteiger partial charge is 0.192 e. The molecule has 0 amide bonds. The summed E-state index contributed by atoms with van der Waals surface area (Å²) in [6.45, 7) is 18.7. The maximum atomic E-state index is 11.3. The number of aliphatic hydroxyl groups is 1. The minimum absolute atomic E-state index is 0.108. The van der Waals surface area contributed by atoms with Crippen molar-refractivity contribution in [3.63, 3.8) is 0 Å². The topological polar surface area (TPSA) is 46.5 Å². The average molecular weight is 286 g/mol. The van der Waals surface area contributed by atoms with Crippen LogP contribution < -0.4 is 0 Å². The van der Waals surface area contributed by atoms with E-state index in [4.69, 9.17) is 4.43 Å². The molecule has 1 N–H and O–H groups in total. The van der Waals surface area contributed by atoms with Gasteiger partial charge in [0.2, 0.25) is 0 Å². The van der Waals surface area contributed by atoms with E-state index in [1.807, 2.05) is 13.8 Å². The van der Waals surface area contributed by atoms with Crippen LogP contribution in [0.3, 0.4) is 0 Å². The SMILES string of the molecule is C=CC(=O)C[C@@H](O)C(C)(C)CO[Si](C)(C)C(C)(C)C. The first-order chi connectivity index (χ1) is 8.33. The Morgan fingerprint density at radius 1 is 1.32 bits per heavy atom. The largest absolute Gasteiger partial charge is 0.416 e. The van der Waals surface area contributed by atoms with E-state index in [2.05, 4.69) is 40.4 Å². The third kappa shape index (κ3) is 5.59. The molecule has 0 aliphatic carbocycles. The molecule has 3 nitrogen and oxygen atoms in total. The maximum Gasteiger partial charge on any atom is 0.192 e. The van der Waals surface area contributed by atoms with Crippen LogP contribution in [0.5, 0.6) is 0 Å². The Bertz CT molecular complexity index is 327. The molecular formula is C15H30O3Si. The fraction of sp³-hybridized carbons (Fsp3) is 0.800. The number of hydrogen-bond acceptors (Lipinski definition) is 3. The Kier molecular flexibility index (Phi) is 6.18. The normalized spacial score (nSPS) is 15.2. The summed E-state index contributed by atoms with van der Waals surface area (Å²) in [7, 11) is -1.83. The molecule has 0 aromatic rings. The van der Waals surface area contributed by atoms with Crippen LogP contribution in [0.25, 0.3) is 0 Å². The van der Waals surface area contributed by atoms with Gasteiger partial charge in [-0.25, -0.2) is 0 Å². The van der Waals surface area contributed by atoms with Crippen molar-refractivity contribution in [1.29, 1.82) is 0 Å². The molecule has 112 valence electrons. The maximum absolute atomic E-state index is 11.3. The molecule has 19 heavy (non-hydrogen) atoms. The van der Waals surface area contributed by atoms with E-state index < -0.39 is 19.8 Å². The second-order valence-corrected chi connectivity index (χ2v) is 12.2. The fourth-order valence-corrected chi connectivity index (χ4v) is 2.40. The lowest BCUT2D eigenvalue weighted by Gasteiger charge is -2.40. The van der Waals surface area contributed by atoms with Gasteiger partial charge >= 0.3 is 0 Å². The number of ketones is 1. The predicted molar refractivity (Wildman–Crippen MR) is 82.8 cm³/mol. The minimum atomic E-state index is -1.83. The highest BCUT2D eigenvalue weighted by atomic mass is 28.4. The lowest BCUT2D eigenvalue weighted by Crippen LogP contribution is -2.45. The molecule has 0 radical (unpaired) electrons. The second-order valence-electron chi connectivity index (χ2n) is 7.43. The van der Waals surface area contributed by atoms with Gasteiger partial charge in [0.15, 0.2) is 14.1 Å². The van der Waals surface area contributed by atoms with Crippen LogP contribution in [0.4, 0.5) is 0 Å². The molecule has 0 aromatic carbocycles. The van der Waals surface area contributed by atoms with Crippen molar-refractivity contribution < 1.29 is 14.3 Å². The van der Waals surface area contributed by atoms with Gasteiger partial charge in [0, 0.05) is 18.4 Å². The van der Waals surface area contributed by atoms with Crippen LogP contribution in [-0.2, 0) is 9.22 Å². The van der Waals surface area contributed by atoms with Crippen LogP contribution in [0.15, 0.2) is 12.7 Å². The van der Waals surface area contributed by atoms with E-state index in [0.29, 0.717) is 6.61 Å². The molecule has 0 saturated carbocycles. The Labute approximate surface area is 119 Å². The third-order valence-electron chi connectivity index (χ3n) is 4.14. The third-order valence-corrected chi connectivity index (χ3v) is 8.61. The average Bonchev–Trinajstić information content (AvgIpc) is 2.24. The summed E-state index contributed by atoms with van der Waals surface area (Å²) >= 11 is 0. The van der Waals surface area contributed by atoms with Crippen LogP contribution in [0.2, 0.25) is 18.1 Å². The lowest BCUT2D eigenvalue weighted by atomic mass is 9.85. The van der Waals surface area contributed by atoms with Crippen LogP contribution >= 0.6 is 0 Å². The zero-order valence-corrected chi connectivity index (χ0v) is 14.5. The van der Waals surface area contributed by atoms with Gasteiger partial charge < -0.3 is 9.53 Å². The molecule has 0 heterocycles. The van der Waals surface area contributed by atoms with E-state index in [1.54, 1.807) is 0 Å². The highest BCUT2D eigenvalue weighted by Gasteiger charge is 2.39. The van der Waals surface area contributed by atoms with Crippen LogP contribution in [0.1, 0.15) is 41.0 Å². The van der Waals surface area contributed by atoms with Crippen molar-refractivity contribution in [2.75, 3.05) is 6.61 Å². The molecule has 1 atom stereocenters. The summed E-state index contributed by atoms with van der Waals surface area (Å²) in [5, 5.41) is 10.3. The van der Waals surface area contributed by atoms with Crippen molar-refractivity contribution in [2.45, 2.75) is 65.3 Å². The first kappa shape index (κ1) is 18.5. The highest BCUT2D eigenvalue weighted by molar-refractivity contribution is 6.74. The van der Waals surface area contributed by atoms with E-state index in [0.717, 1.165) is 0 Å². The van der Waals surface area contributed by atoms with Gasteiger partial charge in [-0.3, -0.25) is 4.79 Å². The second kappa shape index (κ2) is 6.33. The summed E-state index contributed by atoms with van der Waals surface area (Å²) in [6, 6.07) is 0. The molecule has 0 spiro atoms. The van der Waals surface area contributed by atoms with Crippen LogP contribution in [-0.4, -0.2) is 31.9 Å². The summed E-state index contributed by atoms with van der Waals surface area (Å²) < 4.78 is 6.14. The monoisotopic (exact) mass is 286 g/mol. The number of carbonyl (C=O) groups excluding carboxylic acids is 1. The van der Waals surface area contributed by atoms with Gasteiger partial charge in [0.25, 0.3) is 0 Å². The van der Waals surface area contributed by atoms with E-state index in [-0.39, 0.29) is 17.2 Å². The van der Waals surface area contributed by atoms with Crippen molar-refractivity contribution in [3.8, 4) is 0 Å². The van der Waals surface area contributed by atoms with Crippen molar-refractivity contribution >= 4 is 14.1 Å². The van der Waals surface area contributed by atoms with Gasteiger partial charge in [-0.05, 0) is 24.2 Å².